The van der Waals surface area contributed by atoms with Gasteiger partial charge in [-0.05, 0) is 24.1 Å². The summed E-state index contributed by atoms with van der Waals surface area (Å²) in [6, 6.07) is 7.75. The summed E-state index contributed by atoms with van der Waals surface area (Å²) in [5, 5.41) is 0. The third-order valence-corrected chi connectivity index (χ3v) is 3.95. The van der Waals surface area contributed by atoms with Gasteiger partial charge in [0.1, 0.15) is 5.75 Å². The summed E-state index contributed by atoms with van der Waals surface area (Å²) in [7, 11) is 3.35. The van der Waals surface area contributed by atoms with Crippen LogP contribution in [0.1, 0.15) is 18.9 Å². The summed E-state index contributed by atoms with van der Waals surface area (Å²) >= 11 is 0. The van der Waals surface area contributed by atoms with E-state index in [2.05, 4.69) is 6.58 Å². The highest BCUT2D eigenvalue weighted by Gasteiger charge is 2.31. The largest absolute Gasteiger partial charge is 0.535 e. The highest BCUT2D eigenvalue weighted by molar-refractivity contribution is 6.32. The van der Waals surface area contributed by atoms with E-state index < -0.39 is 5.41 Å². The molecule has 0 fully saturated rings. The zero-order valence-electron chi connectivity index (χ0n) is 10.5. The molecule has 0 saturated carbocycles. The molecule has 0 aliphatic heterocycles. The molecule has 0 amide bonds. The number of benzene rings is 1. The maximum Gasteiger partial charge on any atom is 0.381 e. The first-order valence-electron chi connectivity index (χ1n) is 5.46. The number of rotatable bonds is 7. The summed E-state index contributed by atoms with van der Waals surface area (Å²) in [6.07, 6.45) is 2.52. The van der Waals surface area contributed by atoms with Gasteiger partial charge in [-0.15, -0.1) is 0 Å². The van der Waals surface area contributed by atoms with Gasteiger partial charge < -0.3 is 13.9 Å². The molecule has 0 atom stereocenters. The first kappa shape index (κ1) is 14.0. The molecule has 0 heterocycles. The summed E-state index contributed by atoms with van der Waals surface area (Å²) in [5.74, 6) is 0.799. The van der Waals surface area contributed by atoms with Crippen LogP contribution >= 0.6 is 0 Å². The Kier molecular flexibility index (Phi) is 5.41. The fraction of sp³-hybridized carbons (Fsp3) is 0.385. The second kappa shape index (κ2) is 6.59. The lowest BCUT2D eigenvalue weighted by Gasteiger charge is -2.27. The number of hydrogen-bond acceptors (Lipinski definition) is 3. The Hall–Kier alpha value is -1.10. The lowest BCUT2D eigenvalue weighted by atomic mass is 10.2. The van der Waals surface area contributed by atoms with Gasteiger partial charge in [-0.3, -0.25) is 0 Å². The van der Waals surface area contributed by atoms with Crippen molar-refractivity contribution in [1.29, 1.82) is 0 Å². The fourth-order valence-corrected chi connectivity index (χ4v) is 2.08. The topological polar surface area (TPSA) is 27.7 Å². The summed E-state index contributed by atoms with van der Waals surface area (Å²) < 4.78 is 16.4. The van der Waals surface area contributed by atoms with E-state index in [9.17, 15) is 0 Å². The summed E-state index contributed by atoms with van der Waals surface area (Å²) in [5.41, 5.74) is 0.383. The molecule has 0 spiro atoms. The molecule has 0 unspecified atom stereocenters. The Morgan fingerprint density at radius 2 is 2.06 bits per heavy atom. The van der Waals surface area contributed by atoms with Crippen LogP contribution in [0, 0.1) is 0 Å². The van der Waals surface area contributed by atoms with Gasteiger partial charge in [0.15, 0.2) is 5.41 Å². The van der Waals surface area contributed by atoms with Crippen LogP contribution < -0.4 is 4.43 Å². The van der Waals surface area contributed by atoms with Gasteiger partial charge in [-0.25, -0.2) is 0 Å². The minimum Gasteiger partial charge on any atom is -0.535 e. The Morgan fingerprint density at radius 1 is 1.35 bits per heavy atom. The SMILES string of the molecule is C=Cc1cccc(O[Si]C(CC)(OC)OC)c1. The molecular weight excluding hydrogens is 232 g/mol. The Morgan fingerprint density at radius 3 is 2.59 bits per heavy atom. The van der Waals surface area contributed by atoms with Gasteiger partial charge in [0.05, 0.1) is 0 Å². The molecular formula is C13H18O3Si. The lowest BCUT2D eigenvalue weighted by molar-refractivity contribution is -0.150. The van der Waals surface area contributed by atoms with Crippen LogP contribution in [-0.2, 0) is 9.47 Å². The van der Waals surface area contributed by atoms with Crippen molar-refractivity contribution in [3.63, 3.8) is 0 Å². The van der Waals surface area contributed by atoms with E-state index in [0.29, 0.717) is 0 Å². The fourth-order valence-electron chi connectivity index (χ4n) is 1.37. The molecule has 3 nitrogen and oxygen atoms in total. The highest BCUT2D eigenvalue weighted by atomic mass is 28.2. The zero-order valence-corrected chi connectivity index (χ0v) is 11.5. The van der Waals surface area contributed by atoms with E-state index in [1.807, 2.05) is 31.2 Å². The summed E-state index contributed by atoms with van der Waals surface area (Å²) in [6.45, 7) is 5.73. The highest BCUT2D eigenvalue weighted by Crippen LogP contribution is 2.18. The molecule has 4 heteroatoms. The van der Waals surface area contributed by atoms with Crippen LogP contribution in [0.5, 0.6) is 5.75 Å². The van der Waals surface area contributed by atoms with Crippen LogP contribution in [0.3, 0.4) is 0 Å². The van der Waals surface area contributed by atoms with E-state index in [0.717, 1.165) is 17.7 Å². The van der Waals surface area contributed by atoms with E-state index in [-0.39, 0.29) is 9.76 Å². The molecule has 1 aromatic rings. The standard InChI is InChI=1S/C13H18O3Si/c1-5-11-8-7-9-12(10-11)16-17-13(6-2,14-3)15-4/h5,7-10H,1,6H2,2-4H3. The Labute approximate surface area is 105 Å². The van der Waals surface area contributed by atoms with E-state index >= 15 is 0 Å². The number of methoxy groups -OCH3 is 2. The smallest absolute Gasteiger partial charge is 0.381 e. The van der Waals surface area contributed by atoms with Crippen LogP contribution in [-0.4, -0.2) is 29.4 Å². The second-order valence-electron chi connectivity index (χ2n) is 3.50. The predicted octanol–water partition coefficient (Wildman–Crippen LogP) is 2.68. The van der Waals surface area contributed by atoms with E-state index in [4.69, 9.17) is 13.9 Å². The number of ether oxygens (including phenoxy) is 2. The van der Waals surface area contributed by atoms with Crippen LogP contribution in [0.4, 0.5) is 0 Å². The van der Waals surface area contributed by atoms with Crippen molar-refractivity contribution < 1.29 is 13.9 Å². The van der Waals surface area contributed by atoms with E-state index in [1.54, 1.807) is 20.3 Å². The normalized spacial score (nSPS) is 11.2. The molecule has 0 aliphatic carbocycles. The Bertz CT molecular complexity index is 353. The van der Waals surface area contributed by atoms with Gasteiger partial charge >= 0.3 is 9.76 Å². The van der Waals surface area contributed by atoms with Crippen molar-refractivity contribution in [1.82, 2.24) is 0 Å². The average molecular weight is 250 g/mol. The van der Waals surface area contributed by atoms with Crippen molar-refractivity contribution >= 4 is 15.8 Å². The van der Waals surface area contributed by atoms with Crippen molar-refractivity contribution in [3.05, 3.63) is 36.4 Å². The maximum absolute atomic E-state index is 5.72. The maximum atomic E-state index is 5.72. The van der Waals surface area contributed by atoms with Crippen molar-refractivity contribution in [3.8, 4) is 5.75 Å². The van der Waals surface area contributed by atoms with Crippen molar-refractivity contribution in [2.75, 3.05) is 14.2 Å². The van der Waals surface area contributed by atoms with Gasteiger partial charge in [-0.2, -0.15) is 0 Å². The quantitative estimate of drug-likeness (QED) is 0.550. The molecule has 0 aromatic heterocycles. The van der Waals surface area contributed by atoms with Crippen molar-refractivity contribution in [2.24, 2.45) is 0 Å². The average Bonchev–Trinajstić information content (AvgIpc) is 2.41. The molecule has 17 heavy (non-hydrogen) atoms. The van der Waals surface area contributed by atoms with Gasteiger partial charge in [0.2, 0.25) is 0 Å². The van der Waals surface area contributed by atoms with Gasteiger partial charge in [0.25, 0.3) is 0 Å². The predicted molar refractivity (Wildman–Crippen MR) is 70.0 cm³/mol. The van der Waals surface area contributed by atoms with Crippen molar-refractivity contribution in [2.45, 2.75) is 18.8 Å². The molecule has 0 N–H and O–H groups in total. The molecule has 92 valence electrons. The first-order valence-corrected chi connectivity index (χ1v) is 6.37. The van der Waals surface area contributed by atoms with Gasteiger partial charge in [0, 0.05) is 14.2 Å². The zero-order chi connectivity index (χ0) is 12.7. The minimum atomic E-state index is -0.649. The third-order valence-electron chi connectivity index (χ3n) is 2.54. The summed E-state index contributed by atoms with van der Waals surface area (Å²) in [4.78, 5) is 0. The molecule has 2 radical (unpaired) electrons. The lowest BCUT2D eigenvalue weighted by Crippen LogP contribution is -2.42. The molecule has 1 rings (SSSR count). The third kappa shape index (κ3) is 3.69. The molecule has 0 saturated heterocycles. The molecule has 1 aromatic carbocycles. The van der Waals surface area contributed by atoms with Gasteiger partial charge in [-0.1, -0.05) is 31.7 Å². The molecule has 0 aliphatic rings. The number of hydrogen-bond donors (Lipinski definition) is 0. The monoisotopic (exact) mass is 250 g/mol. The second-order valence-corrected chi connectivity index (χ2v) is 4.67. The van der Waals surface area contributed by atoms with Crippen LogP contribution in [0.2, 0.25) is 0 Å². The van der Waals surface area contributed by atoms with E-state index in [1.165, 1.54) is 0 Å². The minimum absolute atomic E-state index is 0.0901. The Balaban J connectivity index is 2.68. The first-order chi connectivity index (χ1) is 8.19. The van der Waals surface area contributed by atoms with Crippen LogP contribution in [0.15, 0.2) is 30.8 Å². The van der Waals surface area contributed by atoms with Crippen LogP contribution in [0.25, 0.3) is 6.08 Å². The molecule has 0 bridgehead atoms.